The lowest BCUT2D eigenvalue weighted by Gasteiger charge is -1.94. The molecular weight excluding hydrogens is 186 g/mol. The maximum Gasteiger partial charge on any atom is 0.313 e. The van der Waals surface area contributed by atoms with E-state index in [4.69, 9.17) is 11.6 Å². The van der Waals surface area contributed by atoms with E-state index >= 15 is 0 Å². The van der Waals surface area contributed by atoms with Gasteiger partial charge in [0.05, 0.1) is 0 Å². The highest BCUT2D eigenvalue weighted by atomic mass is 35.5. The number of nitrogens with zero attached hydrogens (tertiary/aromatic N) is 1. The number of alkyl halides is 1. The van der Waals surface area contributed by atoms with Crippen LogP contribution in [-0.4, -0.2) is 16.4 Å². The van der Waals surface area contributed by atoms with Crippen molar-refractivity contribution in [1.82, 2.24) is 4.57 Å². The molecule has 5 heteroatoms. The van der Waals surface area contributed by atoms with Crippen molar-refractivity contribution in [3.05, 3.63) is 21.2 Å². The molecule has 0 aliphatic heterocycles. The van der Waals surface area contributed by atoms with Gasteiger partial charge in [-0.25, -0.2) is 4.57 Å². The summed E-state index contributed by atoms with van der Waals surface area (Å²) in [7, 11) is 0. The lowest BCUT2D eigenvalue weighted by Crippen LogP contribution is -2.20. The number of thiazole rings is 1. The Morgan fingerprint density at radius 2 is 2.45 bits per heavy atom. The van der Waals surface area contributed by atoms with E-state index in [1.54, 1.807) is 5.38 Å². The van der Waals surface area contributed by atoms with E-state index < -0.39 is 0 Å². The van der Waals surface area contributed by atoms with Gasteiger partial charge >= 0.3 is 4.87 Å². The van der Waals surface area contributed by atoms with Crippen molar-refractivity contribution < 1.29 is 4.79 Å². The molecule has 60 valence electrons. The molecule has 11 heavy (non-hydrogen) atoms. The second kappa shape index (κ2) is 3.69. The van der Waals surface area contributed by atoms with Crippen LogP contribution in [-0.2, 0) is 0 Å². The van der Waals surface area contributed by atoms with Crippen LogP contribution in [0.2, 0.25) is 0 Å². The second-order valence-electron chi connectivity index (χ2n) is 1.87. The monoisotopic (exact) mass is 191 g/mol. The van der Waals surface area contributed by atoms with Crippen LogP contribution in [0, 0.1) is 0 Å². The molecule has 0 N–H and O–H groups in total. The summed E-state index contributed by atoms with van der Waals surface area (Å²) in [6.45, 7) is 0. The van der Waals surface area contributed by atoms with E-state index in [0.29, 0.717) is 0 Å². The van der Waals surface area contributed by atoms with Gasteiger partial charge in [0.1, 0.15) is 0 Å². The number of hydrogen-bond donors (Lipinski definition) is 0. The molecule has 1 rings (SSSR count). The fourth-order valence-electron chi connectivity index (χ4n) is 0.653. The average molecular weight is 192 g/mol. The number of carbonyl (C=O) groups excluding carboxylic acids is 1. The number of hydrogen-bond acceptors (Lipinski definition) is 3. The van der Waals surface area contributed by atoms with Crippen molar-refractivity contribution in [3.8, 4) is 0 Å². The van der Waals surface area contributed by atoms with Crippen molar-refractivity contribution in [2.75, 3.05) is 5.88 Å². The first kappa shape index (κ1) is 8.49. The van der Waals surface area contributed by atoms with Crippen LogP contribution < -0.4 is 4.87 Å². The van der Waals surface area contributed by atoms with Gasteiger partial charge in [0.25, 0.3) is 0 Å². The maximum atomic E-state index is 11.0. The fraction of sp³-hybridized carbons (Fsp3) is 0.333. The minimum atomic E-state index is -0.250. The van der Waals surface area contributed by atoms with Crippen molar-refractivity contribution in [2.45, 2.75) is 6.42 Å². The van der Waals surface area contributed by atoms with Gasteiger partial charge in [0.15, 0.2) is 0 Å². The Morgan fingerprint density at radius 3 is 2.91 bits per heavy atom. The molecule has 0 saturated carbocycles. The zero-order chi connectivity index (χ0) is 8.27. The maximum absolute atomic E-state index is 11.0. The summed E-state index contributed by atoms with van der Waals surface area (Å²) in [6.07, 6.45) is 1.67. The molecule has 0 radical (unpaired) electrons. The van der Waals surface area contributed by atoms with E-state index in [1.165, 1.54) is 6.20 Å². The zero-order valence-electron chi connectivity index (χ0n) is 5.62. The standard InChI is InChI=1S/C6H6ClNO2S/c7-2-1-5(9)8-3-4-11-6(8)10/h3-4H,1-2H2. The predicted octanol–water partition coefficient (Wildman–Crippen LogP) is 1.18. The smallest absolute Gasteiger partial charge is 0.274 e. The summed E-state index contributed by atoms with van der Waals surface area (Å²) in [5.74, 6) is 0.00690. The van der Waals surface area contributed by atoms with E-state index in [0.717, 1.165) is 15.9 Å². The zero-order valence-corrected chi connectivity index (χ0v) is 7.19. The molecule has 0 aliphatic carbocycles. The third-order valence-electron chi connectivity index (χ3n) is 1.15. The summed E-state index contributed by atoms with van der Waals surface area (Å²) in [5, 5.41) is 1.58. The Labute approximate surface area is 72.2 Å². The molecule has 3 nitrogen and oxygen atoms in total. The molecule has 0 spiro atoms. The van der Waals surface area contributed by atoms with Gasteiger partial charge in [-0.15, -0.1) is 11.6 Å². The predicted molar refractivity (Wildman–Crippen MR) is 44.5 cm³/mol. The van der Waals surface area contributed by atoms with Gasteiger partial charge in [0, 0.05) is 23.9 Å². The van der Waals surface area contributed by atoms with Crippen molar-refractivity contribution in [3.63, 3.8) is 0 Å². The molecule has 0 bridgehead atoms. The molecule has 1 aromatic rings. The SMILES string of the molecule is O=C(CCCl)n1ccsc1=O. The molecule has 0 atom stereocenters. The minimum Gasteiger partial charge on any atom is -0.274 e. The van der Waals surface area contributed by atoms with Crippen LogP contribution >= 0.6 is 22.9 Å². The number of rotatable bonds is 2. The third-order valence-corrected chi connectivity index (χ3v) is 2.00. The van der Waals surface area contributed by atoms with Gasteiger partial charge in [-0.3, -0.25) is 9.59 Å². The fourth-order valence-corrected chi connectivity index (χ4v) is 1.39. The summed E-state index contributed by atoms with van der Waals surface area (Å²) >= 11 is 6.33. The molecule has 1 aromatic heterocycles. The summed E-state index contributed by atoms with van der Waals surface area (Å²) in [5.41, 5.74) is 0. The average Bonchev–Trinajstić information content (AvgIpc) is 2.36. The summed E-state index contributed by atoms with van der Waals surface area (Å²) in [6, 6.07) is 0. The number of carbonyl (C=O) groups is 1. The largest absolute Gasteiger partial charge is 0.313 e. The van der Waals surface area contributed by atoms with Crippen LogP contribution in [0.3, 0.4) is 0 Å². The molecule has 0 fully saturated rings. The first-order valence-corrected chi connectivity index (χ1v) is 4.42. The number of aromatic nitrogens is 1. The van der Waals surface area contributed by atoms with Crippen molar-refractivity contribution in [2.24, 2.45) is 0 Å². The van der Waals surface area contributed by atoms with Crippen LogP contribution in [0.5, 0.6) is 0 Å². The van der Waals surface area contributed by atoms with Gasteiger partial charge < -0.3 is 0 Å². The van der Waals surface area contributed by atoms with Gasteiger partial charge in [-0.1, -0.05) is 11.3 Å². The molecule has 0 unspecified atom stereocenters. The molecule has 0 aromatic carbocycles. The Hall–Kier alpha value is -0.610. The molecule has 0 aliphatic rings. The highest BCUT2D eigenvalue weighted by Gasteiger charge is 2.05. The van der Waals surface area contributed by atoms with E-state index in [1.807, 2.05) is 0 Å². The van der Waals surface area contributed by atoms with Crippen LogP contribution in [0.1, 0.15) is 11.2 Å². The van der Waals surface area contributed by atoms with Crippen LogP contribution in [0.15, 0.2) is 16.4 Å². The van der Waals surface area contributed by atoms with Gasteiger partial charge in [-0.05, 0) is 0 Å². The highest BCUT2D eigenvalue weighted by molar-refractivity contribution is 7.07. The Morgan fingerprint density at radius 1 is 1.73 bits per heavy atom. The van der Waals surface area contributed by atoms with Crippen LogP contribution in [0.25, 0.3) is 0 Å². The van der Waals surface area contributed by atoms with E-state index in [-0.39, 0.29) is 23.1 Å². The molecule has 0 saturated heterocycles. The topological polar surface area (TPSA) is 39.1 Å². The summed E-state index contributed by atoms with van der Waals surface area (Å²) in [4.78, 5) is 21.6. The highest BCUT2D eigenvalue weighted by Crippen LogP contribution is 1.93. The lowest BCUT2D eigenvalue weighted by atomic mass is 10.4. The van der Waals surface area contributed by atoms with Gasteiger partial charge in [0.2, 0.25) is 5.91 Å². The van der Waals surface area contributed by atoms with Crippen molar-refractivity contribution in [1.29, 1.82) is 0 Å². The molecule has 1 heterocycles. The molecule has 0 amide bonds. The normalized spacial score (nSPS) is 9.91. The van der Waals surface area contributed by atoms with Crippen LogP contribution in [0.4, 0.5) is 0 Å². The first-order chi connectivity index (χ1) is 5.25. The Kier molecular flexibility index (Phi) is 2.84. The molecular formula is C6H6ClNO2S. The number of halogens is 1. The minimum absolute atomic E-state index is 0.207. The quantitative estimate of drug-likeness (QED) is 0.659. The van der Waals surface area contributed by atoms with Crippen molar-refractivity contribution >= 4 is 28.8 Å². The van der Waals surface area contributed by atoms with E-state index in [2.05, 4.69) is 0 Å². The lowest BCUT2D eigenvalue weighted by molar-refractivity contribution is 0.0907. The second-order valence-corrected chi connectivity index (χ2v) is 3.11. The van der Waals surface area contributed by atoms with E-state index in [9.17, 15) is 9.59 Å². The van der Waals surface area contributed by atoms with Gasteiger partial charge in [-0.2, -0.15) is 0 Å². The first-order valence-electron chi connectivity index (χ1n) is 3.01. The summed E-state index contributed by atoms with van der Waals surface area (Å²) < 4.78 is 1.08. The Bertz CT molecular complexity index is 304. The third kappa shape index (κ3) is 1.91. The Balaban J connectivity index is 2.85.